The SMILES string of the molecule is CCC(CCN)CCC(=O)Nc1ccc(I)cc1. The number of nitrogens with two attached hydrogens (primary N) is 1. The Kier molecular flexibility index (Phi) is 7.27. The molecule has 0 aliphatic rings. The summed E-state index contributed by atoms with van der Waals surface area (Å²) in [6.45, 7) is 2.86. The predicted molar refractivity (Wildman–Crippen MR) is 84.5 cm³/mol. The van der Waals surface area contributed by atoms with E-state index in [2.05, 4.69) is 34.8 Å². The summed E-state index contributed by atoms with van der Waals surface area (Å²) in [4.78, 5) is 11.8. The van der Waals surface area contributed by atoms with Crippen LogP contribution in [-0.2, 0) is 4.79 Å². The number of benzene rings is 1. The van der Waals surface area contributed by atoms with E-state index in [4.69, 9.17) is 5.73 Å². The van der Waals surface area contributed by atoms with Crippen LogP contribution in [0.5, 0.6) is 0 Å². The smallest absolute Gasteiger partial charge is 0.224 e. The molecule has 0 radical (unpaired) electrons. The Hall–Kier alpha value is -0.620. The first-order valence-corrected chi connectivity index (χ1v) is 7.49. The standard InChI is InChI=1S/C14H21IN2O/c1-2-11(9-10-16)3-8-14(18)17-13-6-4-12(15)5-7-13/h4-7,11H,2-3,8-10,16H2,1H3,(H,17,18). The van der Waals surface area contributed by atoms with Crippen LogP contribution in [0.3, 0.4) is 0 Å². The molecular formula is C14H21IN2O. The molecule has 0 heterocycles. The molecule has 3 nitrogen and oxygen atoms in total. The normalized spacial score (nSPS) is 12.2. The van der Waals surface area contributed by atoms with Gasteiger partial charge in [-0.15, -0.1) is 0 Å². The van der Waals surface area contributed by atoms with Crippen LogP contribution in [0.1, 0.15) is 32.6 Å². The van der Waals surface area contributed by atoms with E-state index in [0.717, 1.165) is 24.9 Å². The molecule has 1 aromatic carbocycles. The van der Waals surface area contributed by atoms with Crippen molar-refractivity contribution in [3.05, 3.63) is 27.8 Å². The molecular weight excluding hydrogens is 339 g/mol. The summed E-state index contributed by atoms with van der Waals surface area (Å²) in [6.07, 6.45) is 3.59. The highest BCUT2D eigenvalue weighted by molar-refractivity contribution is 14.1. The van der Waals surface area contributed by atoms with Gasteiger partial charge in [0, 0.05) is 15.7 Å². The zero-order valence-electron chi connectivity index (χ0n) is 10.8. The average Bonchev–Trinajstić information content (AvgIpc) is 2.37. The Labute approximate surface area is 123 Å². The minimum atomic E-state index is 0.0895. The van der Waals surface area contributed by atoms with Crippen LogP contribution in [-0.4, -0.2) is 12.5 Å². The number of carbonyl (C=O) groups is 1. The van der Waals surface area contributed by atoms with Gasteiger partial charge in [0.1, 0.15) is 0 Å². The van der Waals surface area contributed by atoms with Gasteiger partial charge >= 0.3 is 0 Å². The first-order valence-electron chi connectivity index (χ1n) is 6.41. The largest absolute Gasteiger partial charge is 0.330 e. The van der Waals surface area contributed by atoms with Crippen LogP contribution in [0.15, 0.2) is 24.3 Å². The van der Waals surface area contributed by atoms with Crippen molar-refractivity contribution in [3.63, 3.8) is 0 Å². The highest BCUT2D eigenvalue weighted by atomic mass is 127. The summed E-state index contributed by atoms with van der Waals surface area (Å²) >= 11 is 2.25. The van der Waals surface area contributed by atoms with E-state index in [9.17, 15) is 4.79 Å². The number of anilines is 1. The van der Waals surface area contributed by atoms with Gasteiger partial charge in [-0.25, -0.2) is 0 Å². The maximum Gasteiger partial charge on any atom is 0.224 e. The second-order valence-corrected chi connectivity index (χ2v) is 5.69. The molecule has 0 fully saturated rings. The lowest BCUT2D eigenvalue weighted by atomic mass is 9.96. The maximum atomic E-state index is 11.8. The molecule has 0 saturated carbocycles. The van der Waals surface area contributed by atoms with Crippen molar-refractivity contribution in [2.75, 3.05) is 11.9 Å². The number of rotatable bonds is 7. The van der Waals surface area contributed by atoms with E-state index in [-0.39, 0.29) is 5.91 Å². The molecule has 0 saturated heterocycles. The van der Waals surface area contributed by atoms with E-state index in [1.54, 1.807) is 0 Å². The molecule has 0 spiro atoms. The third kappa shape index (κ3) is 5.82. The van der Waals surface area contributed by atoms with E-state index >= 15 is 0 Å². The summed E-state index contributed by atoms with van der Waals surface area (Å²) in [6, 6.07) is 7.83. The number of hydrogen-bond donors (Lipinski definition) is 2. The minimum Gasteiger partial charge on any atom is -0.330 e. The van der Waals surface area contributed by atoms with Crippen molar-refractivity contribution in [3.8, 4) is 0 Å². The number of amides is 1. The summed E-state index contributed by atoms with van der Waals surface area (Å²) in [5.41, 5.74) is 6.42. The Morgan fingerprint density at radius 2 is 2.00 bits per heavy atom. The molecule has 1 atom stereocenters. The number of carbonyl (C=O) groups excluding carboxylic acids is 1. The Morgan fingerprint density at radius 3 is 2.56 bits per heavy atom. The maximum absolute atomic E-state index is 11.8. The molecule has 0 aliphatic carbocycles. The van der Waals surface area contributed by atoms with Gasteiger partial charge in [0.15, 0.2) is 0 Å². The minimum absolute atomic E-state index is 0.0895. The summed E-state index contributed by atoms with van der Waals surface area (Å²) in [5.74, 6) is 0.657. The van der Waals surface area contributed by atoms with Crippen LogP contribution in [0.25, 0.3) is 0 Å². The lowest BCUT2D eigenvalue weighted by molar-refractivity contribution is -0.116. The van der Waals surface area contributed by atoms with Gasteiger partial charge in [-0.1, -0.05) is 13.3 Å². The van der Waals surface area contributed by atoms with Crippen LogP contribution < -0.4 is 11.1 Å². The third-order valence-electron chi connectivity index (χ3n) is 3.06. The lowest BCUT2D eigenvalue weighted by Crippen LogP contribution is -2.15. The van der Waals surface area contributed by atoms with E-state index in [1.807, 2.05) is 24.3 Å². The third-order valence-corrected chi connectivity index (χ3v) is 3.78. The summed E-state index contributed by atoms with van der Waals surface area (Å²) < 4.78 is 1.17. The van der Waals surface area contributed by atoms with Crippen molar-refractivity contribution in [1.82, 2.24) is 0 Å². The average molecular weight is 360 g/mol. The van der Waals surface area contributed by atoms with E-state index < -0.39 is 0 Å². The Balaban J connectivity index is 2.35. The van der Waals surface area contributed by atoms with E-state index in [1.165, 1.54) is 3.57 Å². The highest BCUT2D eigenvalue weighted by Crippen LogP contribution is 2.16. The summed E-state index contributed by atoms with van der Waals surface area (Å²) in [7, 11) is 0. The van der Waals surface area contributed by atoms with Gasteiger partial charge in [-0.3, -0.25) is 4.79 Å². The van der Waals surface area contributed by atoms with Crippen LogP contribution >= 0.6 is 22.6 Å². The first-order chi connectivity index (χ1) is 8.65. The molecule has 0 bridgehead atoms. The Morgan fingerprint density at radius 1 is 1.33 bits per heavy atom. The molecule has 18 heavy (non-hydrogen) atoms. The first kappa shape index (κ1) is 15.4. The second-order valence-electron chi connectivity index (χ2n) is 4.45. The van der Waals surface area contributed by atoms with Gasteiger partial charge in [0.05, 0.1) is 0 Å². The van der Waals surface area contributed by atoms with Crippen molar-refractivity contribution in [1.29, 1.82) is 0 Å². The molecule has 1 amide bonds. The number of hydrogen-bond acceptors (Lipinski definition) is 2. The van der Waals surface area contributed by atoms with E-state index in [0.29, 0.717) is 18.9 Å². The molecule has 0 aromatic heterocycles. The number of nitrogens with one attached hydrogen (secondary N) is 1. The lowest BCUT2D eigenvalue weighted by Gasteiger charge is -2.13. The topological polar surface area (TPSA) is 55.1 Å². The molecule has 4 heteroatoms. The fourth-order valence-corrected chi connectivity index (χ4v) is 2.24. The van der Waals surface area contributed by atoms with Crippen molar-refractivity contribution in [2.24, 2.45) is 11.7 Å². The van der Waals surface area contributed by atoms with Crippen molar-refractivity contribution >= 4 is 34.2 Å². The monoisotopic (exact) mass is 360 g/mol. The molecule has 1 aromatic rings. The zero-order valence-corrected chi connectivity index (χ0v) is 12.9. The molecule has 0 aliphatic heterocycles. The summed E-state index contributed by atoms with van der Waals surface area (Å²) in [5, 5.41) is 2.92. The molecule has 3 N–H and O–H groups in total. The number of halogens is 1. The fourth-order valence-electron chi connectivity index (χ4n) is 1.88. The van der Waals surface area contributed by atoms with Gasteiger partial charge in [-0.2, -0.15) is 0 Å². The van der Waals surface area contributed by atoms with Crippen LogP contribution in [0.4, 0.5) is 5.69 Å². The highest BCUT2D eigenvalue weighted by Gasteiger charge is 2.09. The van der Waals surface area contributed by atoms with Crippen molar-refractivity contribution in [2.45, 2.75) is 32.6 Å². The van der Waals surface area contributed by atoms with Gasteiger partial charge in [-0.05, 0) is 72.2 Å². The van der Waals surface area contributed by atoms with Gasteiger partial charge < -0.3 is 11.1 Å². The fraction of sp³-hybridized carbons (Fsp3) is 0.500. The predicted octanol–water partition coefficient (Wildman–Crippen LogP) is 3.38. The second kappa shape index (κ2) is 8.48. The Bertz CT molecular complexity index is 365. The van der Waals surface area contributed by atoms with Crippen LogP contribution in [0.2, 0.25) is 0 Å². The zero-order chi connectivity index (χ0) is 13.4. The molecule has 100 valence electrons. The van der Waals surface area contributed by atoms with Crippen LogP contribution in [0, 0.1) is 9.49 Å². The molecule has 1 unspecified atom stereocenters. The molecule has 1 rings (SSSR count). The van der Waals surface area contributed by atoms with Gasteiger partial charge in [0.25, 0.3) is 0 Å². The van der Waals surface area contributed by atoms with Gasteiger partial charge in [0.2, 0.25) is 5.91 Å². The van der Waals surface area contributed by atoms with Crippen molar-refractivity contribution < 1.29 is 4.79 Å². The quantitative estimate of drug-likeness (QED) is 0.733.